The Morgan fingerprint density at radius 2 is 1.92 bits per heavy atom. The Balaban J connectivity index is 0.00000243. The second-order valence-electron chi connectivity index (χ2n) is 6.05. The van der Waals surface area contributed by atoms with E-state index in [1.165, 1.54) is 29.1 Å². The summed E-state index contributed by atoms with van der Waals surface area (Å²) in [6.45, 7) is 1.28. The highest BCUT2D eigenvalue weighted by Crippen LogP contribution is 2.30. The lowest BCUT2D eigenvalue weighted by Crippen LogP contribution is -2.44. The van der Waals surface area contributed by atoms with E-state index in [1.807, 2.05) is 7.05 Å². The summed E-state index contributed by atoms with van der Waals surface area (Å²) in [5, 5.41) is 7.36. The molecule has 1 aliphatic rings. The third-order valence-electron chi connectivity index (χ3n) is 4.44. The number of carbonyl (C=O) groups is 1. The summed E-state index contributed by atoms with van der Waals surface area (Å²) >= 11 is 0. The standard InChI is InChI=1S/C17H19F3N4O.ClH/c1-21-13-5-8-23(9-6-13)16(25)15-7-10-24(22-15)14-4-2-3-12(11-14)17(18,19)20;/h2-4,7,10-11,13,21H,5-6,8-9H2,1H3;1H. The molecule has 1 aromatic heterocycles. The summed E-state index contributed by atoms with van der Waals surface area (Å²) in [6.07, 6.45) is -1.17. The van der Waals surface area contributed by atoms with Gasteiger partial charge in [0.25, 0.3) is 5.91 Å². The monoisotopic (exact) mass is 388 g/mol. The highest BCUT2D eigenvalue weighted by atomic mass is 35.5. The Labute approximate surface area is 155 Å². The number of hydrogen-bond acceptors (Lipinski definition) is 3. The minimum atomic E-state index is -4.42. The predicted octanol–water partition coefficient (Wildman–Crippen LogP) is 3.14. The summed E-state index contributed by atoms with van der Waals surface area (Å²) in [5.41, 5.74) is -0.245. The number of hydrogen-bond donors (Lipinski definition) is 1. The zero-order valence-electron chi connectivity index (χ0n) is 14.2. The van der Waals surface area contributed by atoms with Gasteiger partial charge in [-0.3, -0.25) is 4.79 Å². The summed E-state index contributed by atoms with van der Waals surface area (Å²) in [7, 11) is 1.90. The quantitative estimate of drug-likeness (QED) is 0.878. The van der Waals surface area contributed by atoms with Crippen LogP contribution in [0.2, 0.25) is 0 Å². The van der Waals surface area contributed by atoms with Gasteiger partial charge < -0.3 is 10.2 Å². The first-order valence-corrected chi connectivity index (χ1v) is 8.08. The van der Waals surface area contributed by atoms with Crippen molar-refractivity contribution in [3.63, 3.8) is 0 Å². The molecule has 1 aromatic carbocycles. The third kappa shape index (κ3) is 4.37. The van der Waals surface area contributed by atoms with E-state index in [-0.39, 0.29) is 29.7 Å². The first-order chi connectivity index (χ1) is 11.9. The van der Waals surface area contributed by atoms with Crippen LogP contribution in [0, 0.1) is 0 Å². The van der Waals surface area contributed by atoms with E-state index in [0.717, 1.165) is 25.0 Å². The van der Waals surface area contributed by atoms with Gasteiger partial charge in [0.15, 0.2) is 5.69 Å². The molecule has 0 atom stereocenters. The number of rotatable bonds is 3. The van der Waals surface area contributed by atoms with E-state index < -0.39 is 11.7 Å². The molecular formula is C17H20ClF3N4O. The molecular weight excluding hydrogens is 369 g/mol. The average molecular weight is 389 g/mol. The molecule has 3 rings (SSSR count). The topological polar surface area (TPSA) is 50.2 Å². The van der Waals surface area contributed by atoms with Crippen LogP contribution < -0.4 is 5.32 Å². The van der Waals surface area contributed by atoms with Crippen molar-refractivity contribution in [2.45, 2.75) is 25.1 Å². The Morgan fingerprint density at radius 1 is 1.23 bits per heavy atom. The number of benzene rings is 1. The van der Waals surface area contributed by atoms with Crippen LogP contribution in [0.5, 0.6) is 0 Å². The molecule has 26 heavy (non-hydrogen) atoms. The molecule has 1 fully saturated rings. The molecule has 2 aromatic rings. The first kappa shape index (κ1) is 20.3. The molecule has 9 heteroatoms. The fourth-order valence-corrected chi connectivity index (χ4v) is 2.94. The summed E-state index contributed by atoms with van der Waals surface area (Å²) in [6, 6.07) is 6.81. The molecule has 0 spiro atoms. The number of carbonyl (C=O) groups excluding carboxylic acids is 1. The number of amides is 1. The van der Waals surface area contributed by atoms with E-state index in [4.69, 9.17) is 0 Å². The third-order valence-corrected chi connectivity index (χ3v) is 4.44. The van der Waals surface area contributed by atoms with Gasteiger partial charge in [0, 0.05) is 25.3 Å². The van der Waals surface area contributed by atoms with E-state index >= 15 is 0 Å². The molecule has 0 saturated carbocycles. The maximum atomic E-state index is 12.8. The van der Waals surface area contributed by atoms with Crippen LogP contribution in [0.1, 0.15) is 28.9 Å². The van der Waals surface area contributed by atoms with Crippen LogP contribution in [-0.2, 0) is 6.18 Å². The van der Waals surface area contributed by atoms with Crippen molar-refractivity contribution in [2.75, 3.05) is 20.1 Å². The lowest BCUT2D eigenvalue weighted by Gasteiger charge is -2.31. The number of piperidine rings is 1. The average Bonchev–Trinajstić information content (AvgIpc) is 3.11. The van der Waals surface area contributed by atoms with Gasteiger partial charge in [0.2, 0.25) is 0 Å². The van der Waals surface area contributed by atoms with Gasteiger partial charge in [-0.05, 0) is 44.2 Å². The van der Waals surface area contributed by atoms with Crippen molar-refractivity contribution in [3.05, 3.63) is 47.8 Å². The van der Waals surface area contributed by atoms with Crippen molar-refractivity contribution in [1.29, 1.82) is 0 Å². The number of alkyl halides is 3. The highest BCUT2D eigenvalue weighted by Gasteiger charge is 2.30. The lowest BCUT2D eigenvalue weighted by atomic mass is 10.1. The van der Waals surface area contributed by atoms with Crippen molar-refractivity contribution in [1.82, 2.24) is 20.0 Å². The molecule has 1 aliphatic heterocycles. The van der Waals surface area contributed by atoms with Crippen LogP contribution in [0.4, 0.5) is 13.2 Å². The molecule has 0 radical (unpaired) electrons. The molecule has 5 nitrogen and oxygen atoms in total. The molecule has 2 heterocycles. The molecule has 1 saturated heterocycles. The van der Waals surface area contributed by atoms with Gasteiger partial charge in [-0.25, -0.2) is 4.68 Å². The Morgan fingerprint density at radius 3 is 2.54 bits per heavy atom. The number of nitrogens with one attached hydrogen (secondary N) is 1. The van der Waals surface area contributed by atoms with E-state index in [2.05, 4.69) is 10.4 Å². The number of likely N-dealkylation sites (tertiary alicyclic amines) is 1. The van der Waals surface area contributed by atoms with Gasteiger partial charge in [-0.1, -0.05) is 6.07 Å². The summed E-state index contributed by atoms with van der Waals surface area (Å²) in [5.74, 6) is -0.194. The molecule has 142 valence electrons. The minimum absolute atomic E-state index is 0. The molecule has 0 aliphatic carbocycles. The minimum Gasteiger partial charge on any atom is -0.337 e. The van der Waals surface area contributed by atoms with Gasteiger partial charge in [-0.15, -0.1) is 12.4 Å². The van der Waals surface area contributed by atoms with Crippen LogP contribution in [0.3, 0.4) is 0 Å². The fourth-order valence-electron chi connectivity index (χ4n) is 2.94. The van der Waals surface area contributed by atoms with E-state index in [1.54, 1.807) is 4.90 Å². The largest absolute Gasteiger partial charge is 0.416 e. The second-order valence-corrected chi connectivity index (χ2v) is 6.05. The maximum Gasteiger partial charge on any atom is 0.416 e. The van der Waals surface area contributed by atoms with Gasteiger partial charge in [-0.2, -0.15) is 18.3 Å². The predicted molar refractivity (Wildman–Crippen MR) is 93.8 cm³/mol. The van der Waals surface area contributed by atoms with Crippen molar-refractivity contribution < 1.29 is 18.0 Å². The molecule has 0 unspecified atom stereocenters. The van der Waals surface area contributed by atoms with Crippen molar-refractivity contribution >= 4 is 18.3 Å². The van der Waals surface area contributed by atoms with Crippen molar-refractivity contribution in [3.8, 4) is 5.69 Å². The van der Waals surface area contributed by atoms with Gasteiger partial charge in [0.1, 0.15) is 0 Å². The van der Waals surface area contributed by atoms with Gasteiger partial charge in [0.05, 0.1) is 11.3 Å². The Kier molecular flexibility index (Phi) is 6.30. The highest BCUT2D eigenvalue weighted by molar-refractivity contribution is 5.92. The summed E-state index contributed by atoms with van der Waals surface area (Å²) < 4.78 is 39.8. The van der Waals surface area contributed by atoms with Crippen LogP contribution in [0.15, 0.2) is 36.5 Å². The smallest absolute Gasteiger partial charge is 0.337 e. The summed E-state index contributed by atoms with van der Waals surface area (Å²) in [4.78, 5) is 14.2. The van der Waals surface area contributed by atoms with E-state index in [0.29, 0.717) is 19.1 Å². The van der Waals surface area contributed by atoms with Crippen LogP contribution >= 0.6 is 12.4 Å². The number of nitrogens with zero attached hydrogens (tertiary/aromatic N) is 3. The Hall–Kier alpha value is -2.06. The normalized spacial score (nSPS) is 15.6. The Bertz CT molecular complexity index is 754. The second kappa shape index (κ2) is 8.09. The molecule has 0 bridgehead atoms. The van der Waals surface area contributed by atoms with Crippen LogP contribution in [0.25, 0.3) is 5.69 Å². The molecule has 1 N–H and O–H groups in total. The molecule has 1 amide bonds. The number of halogens is 4. The first-order valence-electron chi connectivity index (χ1n) is 8.08. The van der Waals surface area contributed by atoms with Crippen molar-refractivity contribution in [2.24, 2.45) is 0 Å². The maximum absolute atomic E-state index is 12.8. The fraction of sp³-hybridized carbons (Fsp3) is 0.412. The zero-order valence-corrected chi connectivity index (χ0v) is 15.0. The lowest BCUT2D eigenvalue weighted by molar-refractivity contribution is -0.137. The van der Waals surface area contributed by atoms with Crippen LogP contribution in [-0.4, -0.2) is 46.8 Å². The SMILES string of the molecule is CNC1CCN(C(=O)c2ccn(-c3cccc(C(F)(F)F)c3)n2)CC1.Cl. The number of aromatic nitrogens is 2. The van der Waals surface area contributed by atoms with E-state index in [9.17, 15) is 18.0 Å². The van der Waals surface area contributed by atoms with Gasteiger partial charge >= 0.3 is 6.18 Å². The zero-order chi connectivity index (χ0) is 18.0.